The Morgan fingerprint density at radius 3 is 1.89 bits per heavy atom. The number of benzene rings is 2. The Hall–Kier alpha value is -1.11. The minimum atomic E-state index is -1.39. The van der Waals surface area contributed by atoms with Gasteiger partial charge in [0.2, 0.25) is 0 Å². The number of halogens is 1. The fraction of sp³-hybridized carbons (Fsp3) is 0.200. The fourth-order valence-electron chi connectivity index (χ4n) is 1.94. The van der Waals surface area contributed by atoms with Gasteiger partial charge in [-0.15, -0.1) is 0 Å². The first-order chi connectivity index (χ1) is 9.10. The monoisotopic (exact) mass is 370 g/mol. The van der Waals surface area contributed by atoms with Gasteiger partial charge in [-0.25, -0.2) is 0 Å². The van der Waals surface area contributed by atoms with Crippen LogP contribution in [0, 0.1) is 3.57 Å². The summed E-state index contributed by atoms with van der Waals surface area (Å²) in [6.45, 7) is -0.375. The van der Waals surface area contributed by atoms with Crippen LogP contribution in [0.5, 0.6) is 5.75 Å². The second-order valence-electron chi connectivity index (χ2n) is 4.25. The summed E-state index contributed by atoms with van der Waals surface area (Å²) in [4.78, 5) is 0. The molecule has 2 N–H and O–H groups in total. The summed E-state index contributed by atoms with van der Waals surface area (Å²) in [5.74, 6) is 0.714. The molecule has 0 aromatic heterocycles. The Morgan fingerprint density at radius 1 is 1.00 bits per heavy atom. The molecule has 0 aliphatic heterocycles. The van der Waals surface area contributed by atoms with E-state index in [2.05, 4.69) is 22.6 Å². The van der Waals surface area contributed by atoms with Crippen LogP contribution >= 0.6 is 22.6 Å². The molecule has 1 unspecified atom stereocenters. The van der Waals surface area contributed by atoms with Gasteiger partial charge in [-0.2, -0.15) is 0 Å². The quantitative estimate of drug-likeness (QED) is 0.814. The van der Waals surface area contributed by atoms with E-state index < -0.39 is 5.60 Å². The van der Waals surface area contributed by atoms with Gasteiger partial charge in [0.05, 0.1) is 13.7 Å². The molecular formula is C15H15IO3. The zero-order valence-electron chi connectivity index (χ0n) is 10.5. The minimum absolute atomic E-state index is 0.375. The third-order valence-corrected chi connectivity index (χ3v) is 3.84. The van der Waals surface area contributed by atoms with Crippen molar-refractivity contribution in [2.45, 2.75) is 5.60 Å². The number of methoxy groups -OCH3 is 1. The molecule has 19 heavy (non-hydrogen) atoms. The van der Waals surface area contributed by atoms with Crippen molar-refractivity contribution in [3.05, 3.63) is 63.2 Å². The van der Waals surface area contributed by atoms with Gasteiger partial charge in [-0.3, -0.25) is 0 Å². The third-order valence-electron chi connectivity index (χ3n) is 3.12. The van der Waals surface area contributed by atoms with Crippen LogP contribution in [-0.2, 0) is 5.60 Å². The van der Waals surface area contributed by atoms with E-state index in [0.717, 1.165) is 3.57 Å². The first-order valence-corrected chi connectivity index (χ1v) is 6.92. The van der Waals surface area contributed by atoms with Gasteiger partial charge in [0.25, 0.3) is 0 Å². The topological polar surface area (TPSA) is 49.7 Å². The maximum absolute atomic E-state index is 10.7. The van der Waals surface area contributed by atoms with E-state index >= 15 is 0 Å². The molecule has 0 fully saturated rings. The lowest BCUT2D eigenvalue weighted by Gasteiger charge is -2.27. The predicted octanol–water partition coefficient (Wildman–Crippen LogP) is 2.53. The Morgan fingerprint density at radius 2 is 1.47 bits per heavy atom. The van der Waals surface area contributed by atoms with Crippen LogP contribution < -0.4 is 4.74 Å². The molecule has 0 heterocycles. The van der Waals surface area contributed by atoms with E-state index in [9.17, 15) is 10.2 Å². The van der Waals surface area contributed by atoms with Crippen LogP contribution in [0.1, 0.15) is 11.1 Å². The second kappa shape index (κ2) is 5.90. The molecule has 0 radical (unpaired) electrons. The van der Waals surface area contributed by atoms with Gasteiger partial charge in [0.1, 0.15) is 11.4 Å². The van der Waals surface area contributed by atoms with Crippen LogP contribution in [0.25, 0.3) is 0 Å². The van der Waals surface area contributed by atoms with Crippen molar-refractivity contribution in [3.8, 4) is 5.75 Å². The number of aliphatic hydroxyl groups excluding tert-OH is 1. The van der Waals surface area contributed by atoms with Crippen LogP contribution in [0.2, 0.25) is 0 Å². The maximum atomic E-state index is 10.7. The third kappa shape index (κ3) is 2.91. The molecule has 0 aliphatic carbocycles. The molecule has 0 spiro atoms. The van der Waals surface area contributed by atoms with Crippen molar-refractivity contribution in [1.29, 1.82) is 0 Å². The Kier molecular flexibility index (Phi) is 4.44. The summed E-state index contributed by atoms with van der Waals surface area (Å²) < 4.78 is 6.17. The Balaban J connectivity index is 2.43. The largest absolute Gasteiger partial charge is 0.497 e. The summed E-state index contributed by atoms with van der Waals surface area (Å²) >= 11 is 2.20. The summed E-state index contributed by atoms with van der Waals surface area (Å²) in [6, 6.07) is 14.5. The van der Waals surface area contributed by atoms with Crippen molar-refractivity contribution >= 4 is 22.6 Å². The smallest absolute Gasteiger partial charge is 0.138 e. The number of aliphatic hydroxyl groups is 2. The molecule has 1 atom stereocenters. The van der Waals surface area contributed by atoms with Crippen molar-refractivity contribution in [2.24, 2.45) is 0 Å². The van der Waals surface area contributed by atoms with Crippen molar-refractivity contribution in [2.75, 3.05) is 13.7 Å². The molecule has 0 amide bonds. The van der Waals surface area contributed by atoms with Gasteiger partial charge >= 0.3 is 0 Å². The summed E-state index contributed by atoms with van der Waals surface area (Å²) in [5.41, 5.74) is -0.0889. The molecule has 100 valence electrons. The van der Waals surface area contributed by atoms with Crippen LogP contribution in [0.15, 0.2) is 48.5 Å². The average molecular weight is 370 g/mol. The molecule has 0 bridgehead atoms. The normalized spacial score (nSPS) is 13.9. The zero-order valence-corrected chi connectivity index (χ0v) is 12.7. The lowest BCUT2D eigenvalue weighted by atomic mass is 9.87. The highest BCUT2D eigenvalue weighted by Gasteiger charge is 2.30. The van der Waals surface area contributed by atoms with Crippen molar-refractivity contribution in [3.63, 3.8) is 0 Å². The summed E-state index contributed by atoms with van der Waals surface area (Å²) in [7, 11) is 1.59. The predicted molar refractivity (Wildman–Crippen MR) is 82.2 cm³/mol. The Labute approximate surface area is 126 Å². The zero-order chi connectivity index (χ0) is 13.9. The molecular weight excluding hydrogens is 355 g/mol. The average Bonchev–Trinajstić information content (AvgIpc) is 2.47. The van der Waals surface area contributed by atoms with Gasteiger partial charge in [-0.1, -0.05) is 24.3 Å². The van der Waals surface area contributed by atoms with Gasteiger partial charge < -0.3 is 14.9 Å². The van der Waals surface area contributed by atoms with E-state index in [1.165, 1.54) is 0 Å². The molecule has 2 rings (SSSR count). The molecule has 2 aromatic carbocycles. The molecule has 0 aliphatic rings. The van der Waals surface area contributed by atoms with E-state index in [-0.39, 0.29) is 6.61 Å². The van der Waals surface area contributed by atoms with E-state index in [1.54, 1.807) is 31.4 Å². The van der Waals surface area contributed by atoms with E-state index in [4.69, 9.17) is 4.74 Å². The van der Waals surface area contributed by atoms with Crippen molar-refractivity contribution in [1.82, 2.24) is 0 Å². The Bertz CT molecular complexity index is 536. The first kappa shape index (κ1) is 14.3. The lowest BCUT2D eigenvalue weighted by Crippen LogP contribution is -2.31. The molecule has 0 saturated heterocycles. The highest BCUT2D eigenvalue weighted by atomic mass is 127. The summed E-state index contributed by atoms with van der Waals surface area (Å²) in [6.07, 6.45) is 0. The molecule has 4 heteroatoms. The molecule has 2 aromatic rings. The fourth-order valence-corrected chi connectivity index (χ4v) is 2.30. The number of ether oxygens (including phenoxy) is 1. The van der Waals surface area contributed by atoms with Gasteiger partial charge in [-0.05, 0) is 58.0 Å². The SMILES string of the molecule is COc1ccc(C(O)(CO)c2ccc(I)cc2)cc1. The number of rotatable bonds is 4. The first-order valence-electron chi connectivity index (χ1n) is 5.84. The molecule has 0 saturated carbocycles. The standard InChI is InChI=1S/C15H15IO3/c1-19-14-8-4-12(5-9-14)15(18,10-17)11-2-6-13(16)7-3-11/h2-9,17-18H,10H2,1H3. The summed E-state index contributed by atoms with van der Waals surface area (Å²) in [5, 5.41) is 20.3. The van der Waals surface area contributed by atoms with Gasteiger partial charge in [0.15, 0.2) is 0 Å². The number of hydrogen-bond donors (Lipinski definition) is 2. The molecule has 3 nitrogen and oxygen atoms in total. The second-order valence-corrected chi connectivity index (χ2v) is 5.50. The maximum Gasteiger partial charge on any atom is 0.138 e. The highest BCUT2D eigenvalue weighted by Crippen LogP contribution is 2.30. The van der Waals surface area contributed by atoms with Crippen LogP contribution in [0.4, 0.5) is 0 Å². The van der Waals surface area contributed by atoms with Crippen LogP contribution in [0.3, 0.4) is 0 Å². The van der Waals surface area contributed by atoms with Crippen molar-refractivity contribution < 1.29 is 14.9 Å². The van der Waals surface area contributed by atoms with E-state index in [1.807, 2.05) is 24.3 Å². The van der Waals surface area contributed by atoms with Gasteiger partial charge in [0, 0.05) is 3.57 Å². The lowest BCUT2D eigenvalue weighted by molar-refractivity contribution is 0.0172. The van der Waals surface area contributed by atoms with Crippen LogP contribution in [-0.4, -0.2) is 23.9 Å². The van der Waals surface area contributed by atoms with E-state index in [0.29, 0.717) is 16.9 Å². The number of hydrogen-bond acceptors (Lipinski definition) is 3. The minimum Gasteiger partial charge on any atom is -0.497 e. The highest BCUT2D eigenvalue weighted by molar-refractivity contribution is 14.1.